The molecule has 2 rings (SSSR count). The number of hydrogen-bond donors (Lipinski definition) is 2. The zero-order valence-electron chi connectivity index (χ0n) is 10.9. The Bertz CT molecular complexity index is 397. The van der Waals surface area contributed by atoms with Crippen LogP contribution in [0.5, 0.6) is 5.75 Å². The van der Waals surface area contributed by atoms with Crippen molar-refractivity contribution in [2.75, 3.05) is 13.1 Å². The fraction of sp³-hybridized carbons (Fsp3) is 0.500. The molecule has 0 unspecified atom stereocenters. The molecule has 4 nitrogen and oxygen atoms in total. The van der Waals surface area contributed by atoms with Crippen LogP contribution in [0.2, 0.25) is 0 Å². The lowest BCUT2D eigenvalue weighted by atomic mass is 10.0. The van der Waals surface area contributed by atoms with Crippen LogP contribution >= 0.6 is 0 Å². The molecule has 18 heavy (non-hydrogen) atoms. The number of hydrogen-bond acceptors (Lipinski definition) is 3. The minimum absolute atomic E-state index is 0.135. The van der Waals surface area contributed by atoms with Gasteiger partial charge in [-0.15, -0.1) is 0 Å². The smallest absolute Gasteiger partial charge is 0.225 e. The van der Waals surface area contributed by atoms with E-state index in [1.807, 2.05) is 38.1 Å². The van der Waals surface area contributed by atoms with E-state index in [1.54, 1.807) is 0 Å². The Morgan fingerprint density at radius 1 is 1.39 bits per heavy atom. The second kappa shape index (κ2) is 5.87. The van der Waals surface area contributed by atoms with Gasteiger partial charge in [0.2, 0.25) is 5.91 Å². The minimum atomic E-state index is 0.135. The Balaban J connectivity index is 1.80. The predicted molar refractivity (Wildman–Crippen MR) is 70.4 cm³/mol. The minimum Gasteiger partial charge on any atom is -0.491 e. The average Bonchev–Trinajstić information content (AvgIpc) is 2.25. The lowest BCUT2D eigenvalue weighted by molar-refractivity contribution is -0.126. The normalized spacial score (nSPS) is 15.3. The Kier molecular flexibility index (Phi) is 4.20. The van der Waals surface area contributed by atoms with E-state index in [-0.39, 0.29) is 17.9 Å². The molecule has 0 radical (unpaired) electrons. The first-order valence-electron chi connectivity index (χ1n) is 6.39. The summed E-state index contributed by atoms with van der Waals surface area (Å²) in [5.41, 5.74) is 1.09. The molecule has 2 N–H and O–H groups in total. The van der Waals surface area contributed by atoms with Gasteiger partial charge in [0.05, 0.1) is 12.0 Å². The molecule has 1 heterocycles. The largest absolute Gasteiger partial charge is 0.491 e. The van der Waals surface area contributed by atoms with Gasteiger partial charge in [0, 0.05) is 19.6 Å². The zero-order chi connectivity index (χ0) is 13.0. The van der Waals surface area contributed by atoms with E-state index in [2.05, 4.69) is 10.6 Å². The van der Waals surface area contributed by atoms with Crippen molar-refractivity contribution in [1.29, 1.82) is 0 Å². The monoisotopic (exact) mass is 248 g/mol. The highest BCUT2D eigenvalue weighted by Crippen LogP contribution is 2.14. The van der Waals surface area contributed by atoms with Crippen molar-refractivity contribution in [2.45, 2.75) is 26.5 Å². The van der Waals surface area contributed by atoms with E-state index in [0.717, 1.165) is 24.4 Å². The molecular formula is C14H20N2O2. The summed E-state index contributed by atoms with van der Waals surface area (Å²) in [6.07, 6.45) is 0.182. The number of ether oxygens (including phenoxy) is 1. The molecule has 0 atom stereocenters. The maximum Gasteiger partial charge on any atom is 0.225 e. The van der Waals surface area contributed by atoms with E-state index in [9.17, 15) is 4.79 Å². The second-order valence-electron chi connectivity index (χ2n) is 4.88. The van der Waals surface area contributed by atoms with Gasteiger partial charge in [-0.25, -0.2) is 0 Å². The van der Waals surface area contributed by atoms with Crippen molar-refractivity contribution in [1.82, 2.24) is 10.6 Å². The summed E-state index contributed by atoms with van der Waals surface area (Å²) in [4.78, 5) is 11.6. The SMILES string of the molecule is CC(C)Oc1ccc(CNC(=O)C2CNC2)cc1. The van der Waals surface area contributed by atoms with Crippen LogP contribution < -0.4 is 15.4 Å². The molecule has 0 bridgehead atoms. The van der Waals surface area contributed by atoms with Crippen molar-refractivity contribution in [3.05, 3.63) is 29.8 Å². The van der Waals surface area contributed by atoms with Crippen molar-refractivity contribution in [2.24, 2.45) is 5.92 Å². The predicted octanol–water partition coefficient (Wildman–Crippen LogP) is 1.31. The van der Waals surface area contributed by atoms with E-state index in [4.69, 9.17) is 4.74 Å². The highest BCUT2D eigenvalue weighted by atomic mass is 16.5. The number of carbonyl (C=O) groups is 1. The van der Waals surface area contributed by atoms with Crippen LogP contribution in [0.4, 0.5) is 0 Å². The van der Waals surface area contributed by atoms with Gasteiger partial charge in [-0.1, -0.05) is 12.1 Å². The lowest BCUT2D eigenvalue weighted by Gasteiger charge is -2.25. The average molecular weight is 248 g/mol. The van der Waals surface area contributed by atoms with E-state index in [0.29, 0.717) is 6.54 Å². The van der Waals surface area contributed by atoms with E-state index < -0.39 is 0 Å². The first-order chi connectivity index (χ1) is 8.65. The molecule has 0 aliphatic carbocycles. The standard InChI is InChI=1S/C14H20N2O2/c1-10(2)18-13-5-3-11(4-6-13)7-16-14(17)12-8-15-9-12/h3-6,10,12,15H,7-9H2,1-2H3,(H,16,17). The molecule has 0 saturated carbocycles. The molecule has 0 spiro atoms. The van der Waals surface area contributed by atoms with Crippen molar-refractivity contribution >= 4 is 5.91 Å². The number of amides is 1. The molecule has 0 aromatic heterocycles. The van der Waals surface area contributed by atoms with Gasteiger partial charge < -0.3 is 15.4 Å². The number of rotatable bonds is 5. The molecule has 1 saturated heterocycles. The Hall–Kier alpha value is -1.55. The molecule has 1 amide bonds. The van der Waals surface area contributed by atoms with Gasteiger partial charge in [-0.3, -0.25) is 4.79 Å². The van der Waals surface area contributed by atoms with Crippen LogP contribution in [0.15, 0.2) is 24.3 Å². The number of benzene rings is 1. The third-order valence-corrected chi connectivity index (χ3v) is 2.91. The van der Waals surface area contributed by atoms with E-state index >= 15 is 0 Å². The molecular weight excluding hydrogens is 228 g/mol. The summed E-state index contributed by atoms with van der Waals surface area (Å²) in [5.74, 6) is 1.15. The maximum atomic E-state index is 11.6. The maximum absolute atomic E-state index is 11.6. The molecule has 1 aromatic carbocycles. The van der Waals surface area contributed by atoms with Crippen LogP contribution in [0, 0.1) is 5.92 Å². The zero-order valence-corrected chi connectivity index (χ0v) is 10.9. The third kappa shape index (κ3) is 3.47. The number of nitrogens with one attached hydrogen (secondary N) is 2. The fourth-order valence-corrected chi connectivity index (χ4v) is 1.77. The first kappa shape index (κ1) is 12.9. The van der Waals surface area contributed by atoms with Crippen LogP contribution in [-0.2, 0) is 11.3 Å². The highest BCUT2D eigenvalue weighted by molar-refractivity contribution is 5.79. The number of carbonyl (C=O) groups excluding carboxylic acids is 1. The second-order valence-corrected chi connectivity index (χ2v) is 4.88. The van der Waals surface area contributed by atoms with E-state index in [1.165, 1.54) is 0 Å². The molecule has 4 heteroatoms. The van der Waals surface area contributed by atoms with Crippen LogP contribution in [0.1, 0.15) is 19.4 Å². The summed E-state index contributed by atoms with van der Waals surface area (Å²) in [6, 6.07) is 7.84. The third-order valence-electron chi connectivity index (χ3n) is 2.91. The van der Waals surface area contributed by atoms with Gasteiger partial charge >= 0.3 is 0 Å². The first-order valence-corrected chi connectivity index (χ1v) is 6.39. The Morgan fingerprint density at radius 3 is 2.56 bits per heavy atom. The molecule has 98 valence electrons. The van der Waals surface area contributed by atoms with Gasteiger partial charge in [-0.2, -0.15) is 0 Å². The van der Waals surface area contributed by atoms with Gasteiger partial charge in [-0.05, 0) is 31.5 Å². The summed E-state index contributed by atoms with van der Waals surface area (Å²) >= 11 is 0. The highest BCUT2D eigenvalue weighted by Gasteiger charge is 2.24. The van der Waals surface area contributed by atoms with Gasteiger partial charge in [0.15, 0.2) is 0 Å². The molecule has 1 aromatic rings. The van der Waals surface area contributed by atoms with Gasteiger partial charge in [0.25, 0.3) is 0 Å². The topological polar surface area (TPSA) is 50.4 Å². The van der Waals surface area contributed by atoms with Crippen LogP contribution in [-0.4, -0.2) is 25.1 Å². The van der Waals surface area contributed by atoms with Gasteiger partial charge in [0.1, 0.15) is 5.75 Å². The van der Waals surface area contributed by atoms with Crippen molar-refractivity contribution < 1.29 is 9.53 Å². The van der Waals surface area contributed by atoms with Crippen molar-refractivity contribution in [3.63, 3.8) is 0 Å². The summed E-state index contributed by atoms with van der Waals surface area (Å²) < 4.78 is 5.56. The lowest BCUT2D eigenvalue weighted by Crippen LogP contribution is -2.50. The van der Waals surface area contributed by atoms with Crippen LogP contribution in [0.25, 0.3) is 0 Å². The summed E-state index contributed by atoms with van der Waals surface area (Å²) in [7, 11) is 0. The summed E-state index contributed by atoms with van der Waals surface area (Å²) in [5, 5.41) is 6.03. The Morgan fingerprint density at radius 2 is 2.06 bits per heavy atom. The van der Waals surface area contributed by atoms with Crippen LogP contribution in [0.3, 0.4) is 0 Å². The quantitative estimate of drug-likeness (QED) is 0.826. The van der Waals surface area contributed by atoms with Crippen molar-refractivity contribution in [3.8, 4) is 5.75 Å². The Labute approximate surface area is 108 Å². The molecule has 1 aliphatic heterocycles. The molecule has 1 fully saturated rings. The summed E-state index contributed by atoms with van der Waals surface area (Å²) in [6.45, 7) is 6.18. The fourth-order valence-electron chi connectivity index (χ4n) is 1.77. The molecule has 1 aliphatic rings.